The van der Waals surface area contributed by atoms with E-state index in [9.17, 15) is 9.59 Å². The summed E-state index contributed by atoms with van der Waals surface area (Å²) < 4.78 is 14.2. The van der Waals surface area contributed by atoms with Crippen LogP contribution < -0.4 is 0 Å². The van der Waals surface area contributed by atoms with Crippen LogP contribution >= 0.6 is 0 Å². The first-order chi connectivity index (χ1) is 6.45. The van der Waals surface area contributed by atoms with Gasteiger partial charge in [-0.05, 0) is 0 Å². The van der Waals surface area contributed by atoms with Crippen LogP contribution in [0.2, 0.25) is 0 Å². The molecule has 0 saturated carbocycles. The summed E-state index contributed by atoms with van der Waals surface area (Å²) in [5, 5.41) is 0. The molecule has 0 N–H and O–H groups in total. The Labute approximate surface area is 82.3 Å². The maximum atomic E-state index is 10.9. The molecule has 1 saturated heterocycles. The molecule has 5 nitrogen and oxygen atoms in total. The van der Waals surface area contributed by atoms with E-state index < -0.39 is 18.4 Å². The quantitative estimate of drug-likeness (QED) is 0.638. The summed E-state index contributed by atoms with van der Waals surface area (Å²) in [6, 6.07) is 0. The highest BCUT2D eigenvalue weighted by Crippen LogP contribution is 2.31. The molecular weight excluding hydrogens is 188 g/mol. The Kier molecular flexibility index (Phi) is 2.98. The molecule has 0 aromatic rings. The fourth-order valence-corrected chi connectivity index (χ4v) is 1.36. The van der Waals surface area contributed by atoms with E-state index in [1.807, 2.05) is 20.8 Å². The molecule has 5 heteroatoms. The first-order valence-electron chi connectivity index (χ1n) is 4.31. The second kappa shape index (κ2) is 3.86. The first kappa shape index (κ1) is 10.8. The van der Waals surface area contributed by atoms with Crippen LogP contribution in [0.15, 0.2) is 0 Å². The Hall–Kier alpha value is -1.26. The standard InChI is InChI=1S/C9H13O5/c1-9(2,3)7-6(4-12-5-10)13-8(11)14-7/h6-7H,4H2,1-3H3. The Bertz CT molecular complexity index is 230. The summed E-state index contributed by atoms with van der Waals surface area (Å²) in [6.07, 6.45) is -1.66. The fraction of sp³-hybridized carbons (Fsp3) is 0.778. The molecule has 1 heterocycles. The Morgan fingerprint density at radius 1 is 1.43 bits per heavy atom. The summed E-state index contributed by atoms with van der Waals surface area (Å²) in [7, 11) is 0. The molecule has 0 bridgehead atoms. The van der Waals surface area contributed by atoms with Gasteiger partial charge in [-0.2, -0.15) is 0 Å². The molecule has 0 aromatic heterocycles. The van der Waals surface area contributed by atoms with Gasteiger partial charge in [0.05, 0.1) is 0 Å². The second-order valence-corrected chi connectivity index (χ2v) is 4.21. The van der Waals surface area contributed by atoms with E-state index in [-0.39, 0.29) is 12.0 Å². The van der Waals surface area contributed by atoms with Gasteiger partial charge in [-0.25, -0.2) is 9.59 Å². The third-order valence-electron chi connectivity index (χ3n) is 1.97. The molecule has 2 unspecified atom stereocenters. The number of ether oxygens (including phenoxy) is 3. The lowest BCUT2D eigenvalue weighted by Crippen LogP contribution is -2.38. The van der Waals surface area contributed by atoms with Gasteiger partial charge < -0.3 is 14.2 Å². The van der Waals surface area contributed by atoms with Crippen molar-refractivity contribution in [1.82, 2.24) is 0 Å². The minimum absolute atomic E-state index is 0.0167. The highest BCUT2D eigenvalue weighted by atomic mass is 16.8. The van der Waals surface area contributed by atoms with E-state index in [0.717, 1.165) is 0 Å². The van der Waals surface area contributed by atoms with Crippen molar-refractivity contribution in [1.29, 1.82) is 0 Å². The molecular formula is C9H13O5. The Morgan fingerprint density at radius 2 is 2.07 bits per heavy atom. The Morgan fingerprint density at radius 3 is 2.57 bits per heavy atom. The van der Waals surface area contributed by atoms with E-state index >= 15 is 0 Å². The van der Waals surface area contributed by atoms with Crippen molar-refractivity contribution in [3.8, 4) is 0 Å². The number of rotatable bonds is 3. The number of hydrogen-bond acceptors (Lipinski definition) is 5. The lowest BCUT2D eigenvalue weighted by molar-refractivity contribution is 0.0283. The van der Waals surface area contributed by atoms with Crippen LogP contribution in [0.3, 0.4) is 0 Å². The van der Waals surface area contributed by atoms with Gasteiger partial charge in [0, 0.05) is 5.41 Å². The molecule has 1 rings (SSSR count). The maximum absolute atomic E-state index is 10.9. The van der Waals surface area contributed by atoms with Gasteiger partial charge in [0.25, 0.3) is 0 Å². The van der Waals surface area contributed by atoms with Crippen LogP contribution in [0.1, 0.15) is 20.8 Å². The monoisotopic (exact) mass is 201 g/mol. The molecule has 0 amide bonds. The molecule has 0 aliphatic carbocycles. The summed E-state index contributed by atoms with van der Waals surface area (Å²) in [6.45, 7) is 7.01. The van der Waals surface area contributed by atoms with Crippen molar-refractivity contribution in [2.45, 2.75) is 33.0 Å². The van der Waals surface area contributed by atoms with Crippen molar-refractivity contribution in [3.05, 3.63) is 0 Å². The SMILES string of the molecule is CC(C)(C)C1OC(=O)OC1CO[C]=O. The molecule has 14 heavy (non-hydrogen) atoms. The van der Waals surface area contributed by atoms with Crippen LogP contribution in [0.4, 0.5) is 4.79 Å². The van der Waals surface area contributed by atoms with Crippen molar-refractivity contribution in [3.63, 3.8) is 0 Å². The van der Waals surface area contributed by atoms with Gasteiger partial charge in [0.15, 0.2) is 12.2 Å². The zero-order valence-corrected chi connectivity index (χ0v) is 8.40. The molecule has 0 spiro atoms. The van der Waals surface area contributed by atoms with Crippen LogP contribution in [0, 0.1) is 5.41 Å². The van der Waals surface area contributed by atoms with E-state index in [1.54, 1.807) is 0 Å². The molecule has 1 aliphatic rings. The van der Waals surface area contributed by atoms with E-state index in [4.69, 9.17) is 9.47 Å². The average Bonchev–Trinajstić information content (AvgIpc) is 2.42. The lowest BCUT2D eigenvalue weighted by atomic mass is 9.86. The van der Waals surface area contributed by atoms with Crippen molar-refractivity contribution in [2.75, 3.05) is 6.61 Å². The van der Waals surface area contributed by atoms with Crippen LogP contribution in [0.5, 0.6) is 0 Å². The number of carbonyl (C=O) groups is 1. The zero-order valence-electron chi connectivity index (χ0n) is 8.40. The predicted molar refractivity (Wildman–Crippen MR) is 46.2 cm³/mol. The van der Waals surface area contributed by atoms with E-state index in [0.29, 0.717) is 0 Å². The maximum Gasteiger partial charge on any atom is 0.509 e. The van der Waals surface area contributed by atoms with Gasteiger partial charge in [-0.1, -0.05) is 20.8 Å². The van der Waals surface area contributed by atoms with Crippen molar-refractivity contribution in [2.24, 2.45) is 5.41 Å². The summed E-state index contributed by atoms with van der Waals surface area (Å²) in [4.78, 5) is 20.7. The number of carbonyl (C=O) groups excluding carboxylic acids is 2. The lowest BCUT2D eigenvalue weighted by Gasteiger charge is -2.27. The van der Waals surface area contributed by atoms with E-state index in [2.05, 4.69) is 4.74 Å². The number of hydrogen-bond donors (Lipinski definition) is 0. The highest BCUT2D eigenvalue weighted by molar-refractivity contribution is 5.62. The van der Waals surface area contributed by atoms with Gasteiger partial charge in [0.1, 0.15) is 6.61 Å². The van der Waals surface area contributed by atoms with Gasteiger partial charge in [0.2, 0.25) is 0 Å². The molecule has 1 aliphatic heterocycles. The topological polar surface area (TPSA) is 61.8 Å². The molecule has 0 aromatic carbocycles. The molecule has 79 valence electrons. The van der Waals surface area contributed by atoms with Gasteiger partial charge in [-0.3, -0.25) is 0 Å². The minimum Gasteiger partial charge on any atom is -0.453 e. The summed E-state index contributed by atoms with van der Waals surface area (Å²) >= 11 is 0. The van der Waals surface area contributed by atoms with Gasteiger partial charge in [-0.15, -0.1) is 0 Å². The average molecular weight is 201 g/mol. The van der Waals surface area contributed by atoms with Crippen molar-refractivity contribution < 1.29 is 23.8 Å². The molecule has 1 radical (unpaired) electrons. The largest absolute Gasteiger partial charge is 0.509 e. The molecule has 2 atom stereocenters. The number of cyclic esters (lactones) is 2. The first-order valence-corrected chi connectivity index (χ1v) is 4.31. The molecule has 1 fully saturated rings. The predicted octanol–water partition coefficient (Wildman–Crippen LogP) is 1.02. The van der Waals surface area contributed by atoms with E-state index in [1.165, 1.54) is 6.47 Å². The van der Waals surface area contributed by atoms with Gasteiger partial charge >= 0.3 is 12.6 Å². The zero-order chi connectivity index (χ0) is 10.8. The van der Waals surface area contributed by atoms with Crippen LogP contribution in [-0.2, 0) is 19.0 Å². The highest BCUT2D eigenvalue weighted by Gasteiger charge is 2.44. The minimum atomic E-state index is -0.718. The Balaban J connectivity index is 2.62. The van der Waals surface area contributed by atoms with Crippen molar-refractivity contribution >= 4 is 12.6 Å². The fourth-order valence-electron chi connectivity index (χ4n) is 1.36. The summed E-state index contributed by atoms with van der Waals surface area (Å²) in [5.41, 5.74) is -0.247. The summed E-state index contributed by atoms with van der Waals surface area (Å²) in [5.74, 6) is 0. The second-order valence-electron chi connectivity index (χ2n) is 4.21. The van der Waals surface area contributed by atoms with Crippen LogP contribution in [-0.4, -0.2) is 31.4 Å². The normalized spacial score (nSPS) is 26.6. The van der Waals surface area contributed by atoms with Crippen LogP contribution in [0.25, 0.3) is 0 Å². The third kappa shape index (κ3) is 2.37. The third-order valence-corrected chi connectivity index (χ3v) is 1.97. The smallest absolute Gasteiger partial charge is 0.453 e.